The lowest BCUT2D eigenvalue weighted by molar-refractivity contribution is 0.416. The van der Waals surface area contributed by atoms with Crippen LogP contribution in [-0.2, 0) is 6.54 Å². The van der Waals surface area contributed by atoms with E-state index in [1.54, 1.807) is 13.3 Å². The summed E-state index contributed by atoms with van der Waals surface area (Å²) < 4.78 is 5.25. The van der Waals surface area contributed by atoms with E-state index < -0.39 is 0 Å². The zero-order chi connectivity index (χ0) is 12.3. The largest absolute Gasteiger partial charge is 0.496 e. The minimum absolute atomic E-state index is 0.331. The number of para-hydroxylation sites is 1. The van der Waals surface area contributed by atoms with Gasteiger partial charge in [-0.2, -0.15) is 0 Å². The molecule has 88 valence electrons. The molecule has 0 saturated carbocycles. The molecule has 2 rings (SSSR count). The second-order valence-corrected chi connectivity index (χ2v) is 3.51. The van der Waals surface area contributed by atoms with Crippen molar-refractivity contribution >= 4 is 5.82 Å². The van der Waals surface area contributed by atoms with Crippen LogP contribution in [0.5, 0.6) is 5.75 Å². The Balaban J connectivity index is 2.49. The molecule has 0 saturated heterocycles. The van der Waals surface area contributed by atoms with E-state index in [1.807, 2.05) is 24.3 Å². The van der Waals surface area contributed by atoms with E-state index in [0.717, 1.165) is 11.1 Å². The second kappa shape index (κ2) is 4.80. The number of anilines is 1. The summed E-state index contributed by atoms with van der Waals surface area (Å²) in [4.78, 5) is 8.47. The Hall–Kier alpha value is -2.14. The number of hydrogen-bond donors (Lipinski definition) is 2. The van der Waals surface area contributed by atoms with Crippen molar-refractivity contribution < 1.29 is 4.74 Å². The van der Waals surface area contributed by atoms with Gasteiger partial charge in [0, 0.05) is 18.3 Å². The maximum Gasteiger partial charge on any atom is 0.165 e. The van der Waals surface area contributed by atoms with Crippen LogP contribution in [0.15, 0.2) is 30.5 Å². The number of benzene rings is 1. The van der Waals surface area contributed by atoms with Crippen molar-refractivity contribution in [1.82, 2.24) is 9.97 Å². The third kappa shape index (κ3) is 2.19. The molecule has 2 aromatic rings. The van der Waals surface area contributed by atoms with E-state index in [1.165, 1.54) is 0 Å². The van der Waals surface area contributed by atoms with E-state index in [0.29, 0.717) is 23.9 Å². The first-order valence-electron chi connectivity index (χ1n) is 5.21. The van der Waals surface area contributed by atoms with E-state index in [2.05, 4.69) is 9.97 Å². The number of hydrogen-bond acceptors (Lipinski definition) is 5. The van der Waals surface area contributed by atoms with Crippen molar-refractivity contribution in [2.24, 2.45) is 5.73 Å². The predicted molar refractivity (Wildman–Crippen MR) is 66.3 cm³/mol. The molecule has 0 spiro atoms. The monoisotopic (exact) mass is 230 g/mol. The molecular formula is C12H14N4O. The summed E-state index contributed by atoms with van der Waals surface area (Å²) in [6, 6.07) is 7.52. The molecular weight excluding hydrogens is 216 g/mol. The fraction of sp³-hybridized carbons (Fsp3) is 0.167. The van der Waals surface area contributed by atoms with Crippen LogP contribution in [0.4, 0.5) is 5.82 Å². The minimum atomic E-state index is 0.331. The van der Waals surface area contributed by atoms with Gasteiger partial charge in [0.25, 0.3) is 0 Å². The average Bonchev–Trinajstić information content (AvgIpc) is 2.38. The lowest BCUT2D eigenvalue weighted by atomic mass is 10.2. The summed E-state index contributed by atoms with van der Waals surface area (Å²) in [5, 5.41) is 0. The third-order valence-electron chi connectivity index (χ3n) is 2.47. The first kappa shape index (κ1) is 11.3. The number of ether oxygens (including phenoxy) is 1. The third-order valence-corrected chi connectivity index (χ3v) is 2.47. The van der Waals surface area contributed by atoms with Crippen LogP contribution in [0, 0.1) is 0 Å². The molecule has 5 heteroatoms. The van der Waals surface area contributed by atoms with E-state index >= 15 is 0 Å². The SMILES string of the molecule is COc1ccccc1-c1ncc(CN)c(N)n1. The van der Waals surface area contributed by atoms with Gasteiger partial charge in [0.2, 0.25) is 0 Å². The second-order valence-electron chi connectivity index (χ2n) is 3.51. The van der Waals surface area contributed by atoms with E-state index in [4.69, 9.17) is 16.2 Å². The lowest BCUT2D eigenvalue weighted by Crippen LogP contribution is -2.06. The van der Waals surface area contributed by atoms with Gasteiger partial charge < -0.3 is 16.2 Å². The summed E-state index contributed by atoms with van der Waals surface area (Å²) in [5.41, 5.74) is 12.8. The smallest absolute Gasteiger partial charge is 0.165 e. The van der Waals surface area contributed by atoms with Crippen molar-refractivity contribution in [2.45, 2.75) is 6.54 Å². The molecule has 4 N–H and O–H groups in total. The van der Waals surface area contributed by atoms with E-state index in [9.17, 15) is 0 Å². The molecule has 0 aliphatic heterocycles. The van der Waals surface area contributed by atoms with Gasteiger partial charge in [0.15, 0.2) is 5.82 Å². The molecule has 0 bridgehead atoms. The van der Waals surface area contributed by atoms with Gasteiger partial charge in [-0.3, -0.25) is 0 Å². The van der Waals surface area contributed by atoms with Crippen LogP contribution >= 0.6 is 0 Å². The molecule has 17 heavy (non-hydrogen) atoms. The zero-order valence-corrected chi connectivity index (χ0v) is 9.55. The Bertz CT molecular complexity index is 528. The Morgan fingerprint density at radius 3 is 2.71 bits per heavy atom. The summed E-state index contributed by atoms with van der Waals surface area (Å²) in [7, 11) is 1.61. The van der Waals surface area contributed by atoms with Gasteiger partial charge in [0.05, 0.1) is 12.7 Å². The molecule has 0 unspecified atom stereocenters. The average molecular weight is 230 g/mol. The van der Waals surface area contributed by atoms with Gasteiger partial charge in [-0.05, 0) is 12.1 Å². The van der Waals surface area contributed by atoms with Crippen molar-refractivity contribution in [1.29, 1.82) is 0 Å². The minimum Gasteiger partial charge on any atom is -0.496 e. The van der Waals surface area contributed by atoms with Crippen LogP contribution in [0.2, 0.25) is 0 Å². The van der Waals surface area contributed by atoms with Gasteiger partial charge in [-0.15, -0.1) is 0 Å². The molecule has 0 amide bonds. The standard InChI is InChI=1S/C12H14N4O/c1-17-10-5-3-2-4-9(10)12-15-7-8(6-13)11(14)16-12/h2-5,7H,6,13H2,1H3,(H2,14,15,16). The highest BCUT2D eigenvalue weighted by molar-refractivity contribution is 5.65. The normalized spacial score (nSPS) is 10.2. The Labute approximate surface area is 99.5 Å². The zero-order valence-electron chi connectivity index (χ0n) is 9.55. The Morgan fingerprint density at radius 1 is 1.29 bits per heavy atom. The molecule has 1 heterocycles. The molecule has 1 aromatic heterocycles. The highest BCUT2D eigenvalue weighted by Gasteiger charge is 2.09. The summed E-state index contributed by atoms with van der Waals surface area (Å²) in [6.07, 6.45) is 1.64. The molecule has 1 aromatic carbocycles. The predicted octanol–water partition coefficient (Wildman–Crippen LogP) is 1.19. The molecule has 0 aliphatic carbocycles. The first-order chi connectivity index (χ1) is 8.26. The van der Waals surface area contributed by atoms with Gasteiger partial charge in [-0.25, -0.2) is 9.97 Å². The fourth-order valence-corrected chi connectivity index (χ4v) is 1.54. The lowest BCUT2D eigenvalue weighted by Gasteiger charge is -2.08. The van der Waals surface area contributed by atoms with E-state index in [-0.39, 0.29) is 0 Å². The van der Waals surface area contributed by atoms with Crippen LogP contribution in [0.25, 0.3) is 11.4 Å². The number of nitrogens with two attached hydrogens (primary N) is 2. The number of nitrogen functional groups attached to an aromatic ring is 1. The number of methoxy groups -OCH3 is 1. The highest BCUT2D eigenvalue weighted by Crippen LogP contribution is 2.27. The van der Waals surface area contributed by atoms with Crippen LogP contribution in [-0.4, -0.2) is 17.1 Å². The molecule has 0 radical (unpaired) electrons. The number of nitrogens with zero attached hydrogens (tertiary/aromatic N) is 2. The van der Waals surface area contributed by atoms with Gasteiger partial charge in [0.1, 0.15) is 11.6 Å². The number of rotatable bonds is 3. The summed E-state index contributed by atoms with van der Waals surface area (Å²) >= 11 is 0. The fourth-order valence-electron chi connectivity index (χ4n) is 1.54. The topological polar surface area (TPSA) is 87.0 Å². The van der Waals surface area contributed by atoms with Crippen molar-refractivity contribution in [3.8, 4) is 17.1 Å². The Kier molecular flexibility index (Phi) is 3.20. The van der Waals surface area contributed by atoms with Crippen LogP contribution < -0.4 is 16.2 Å². The van der Waals surface area contributed by atoms with Crippen molar-refractivity contribution in [2.75, 3.05) is 12.8 Å². The summed E-state index contributed by atoms with van der Waals surface area (Å²) in [5.74, 6) is 1.66. The first-order valence-corrected chi connectivity index (χ1v) is 5.21. The molecule has 5 nitrogen and oxygen atoms in total. The maximum atomic E-state index is 5.79. The summed E-state index contributed by atoms with van der Waals surface area (Å²) in [6.45, 7) is 0.331. The van der Waals surface area contributed by atoms with Crippen molar-refractivity contribution in [3.05, 3.63) is 36.0 Å². The maximum absolute atomic E-state index is 5.79. The quantitative estimate of drug-likeness (QED) is 0.827. The van der Waals surface area contributed by atoms with Crippen LogP contribution in [0.1, 0.15) is 5.56 Å². The van der Waals surface area contributed by atoms with Gasteiger partial charge in [-0.1, -0.05) is 12.1 Å². The van der Waals surface area contributed by atoms with Crippen LogP contribution in [0.3, 0.4) is 0 Å². The van der Waals surface area contributed by atoms with Gasteiger partial charge >= 0.3 is 0 Å². The number of aromatic nitrogens is 2. The highest BCUT2D eigenvalue weighted by atomic mass is 16.5. The van der Waals surface area contributed by atoms with Crippen molar-refractivity contribution in [3.63, 3.8) is 0 Å². The molecule has 0 fully saturated rings. The molecule has 0 aliphatic rings. The Morgan fingerprint density at radius 2 is 2.06 bits per heavy atom. The molecule has 0 atom stereocenters.